The van der Waals surface area contributed by atoms with Crippen LogP contribution < -0.4 is 10.5 Å². The van der Waals surface area contributed by atoms with Crippen LogP contribution in [0.2, 0.25) is 0 Å². The molecular formula is C17H15BrF2N2O6. The van der Waals surface area contributed by atoms with Crippen molar-refractivity contribution in [2.24, 2.45) is 5.73 Å². The van der Waals surface area contributed by atoms with E-state index < -0.39 is 41.6 Å². The molecule has 1 aliphatic rings. The topological polar surface area (TPSA) is 125 Å². The number of aromatic nitrogens is 1. The molecule has 1 aliphatic heterocycles. The highest BCUT2D eigenvalue weighted by atomic mass is 79.9. The van der Waals surface area contributed by atoms with Crippen molar-refractivity contribution in [1.29, 1.82) is 0 Å². The normalized spacial score (nSPS) is 17.9. The highest BCUT2D eigenvalue weighted by molar-refractivity contribution is 9.10. The molecule has 1 fully saturated rings. The summed E-state index contributed by atoms with van der Waals surface area (Å²) in [7, 11) is 0. The number of aliphatic hydroxyl groups excluding tert-OH is 1. The van der Waals surface area contributed by atoms with Crippen LogP contribution in [0.25, 0.3) is 0 Å². The van der Waals surface area contributed by atoms with Gasteiger partial charge in [-0.05, 0) is 34.5 Å². The summed E-state index contributed by atoms with van der Waals surface area (Å²) in [4.78, 5) is 27.0. The predicted octanol–water partition coefficient (Wildman–Crippen LogP) is 2.35. The van der Waals surface area contributed by atoms with Gasteiger partial charge < -0.3 is 24.7 Å². The predicted molar refractivity (Wildman–Crippen MR) is 92.5 cm³/mol. The van der Waals surface area contributed by atoms with Crippen LogP contribution in [0, 0.1) is 11.6 Å². The van der Waals surface area contributed by atoms with Crippen LogP contribution in [0.5, 0.6) is 5.75 Å². The molecule has 0 saturated carbocycles. The monoisotopic (exact) mass is 460 g/mol. The first-order valence-corrected chi connectivity index (χ1v) is 8.98. The molecule has 150 valence electrons. The van der Waals surface area contributed by atoms with Crippen molar-refractivity contribution in [3.63, 3.8) is 0 Å². The molecule has 2 heterocycles. The molecule has 1 aromatic heterocycles. The summed E-state index contributed by atoms with van der Waals surface area (Å²) >= 11 is 3.21. The SMILES string of the molecule is NC(=O)c1c(F)ccc(OC(CO)c2nc(C3CCOC(=O)C3)c(Br)o2)c1F. The summed E-state index contributed by atoms with van der Waals surface area (Å²) in [6, 6.07) is 1.77. The molecule has 8 nitrogen and oxygen atoms in total. The van der Waals surface area contributed by atoms with Gasteiger partial charge in [0.2, 0.25) is 5.89 Å². The Balaban J connectivity index is 1.87. The number of primary amides is 1. The molecule has 0 spiro atoms. The highest BCUT2D eigenvalue weighted by Gasteiger charge is 2.31. The van der Waals surface area contributed by atoms with E-state index in [2.05, 4.69) is 20.9 Å². The molecule has 2 unspecified atom stereocenters. The lowest BCUT2D eigenvalue weighted by atomic mass is 9.97. The van der Waals surface area contributed by atoms with E-state index in [9.17, 15) is 23.5 Å². The Kier molecular flexibility index (Phi) is 5.94. The van der Waals surface area contributed by atoms with Crippen LogP contribution in [-0.4, -0.2) is 35.2 Å². The van der Waals surface area contributed by atoms with Gasteiger partial charge in [0, 0.05) is 5.92 Å². The van der Waals surface area contributed by atoms with E-state index in [1.807, 2.05) is 0 Å². The summed E-state index contributed by atoms with van der Waals surface area (Å²) in [5.41, 5.74) is 4.46. The van der Waals surface area contributed by atoms with Gasteiger partial charge in [-0.1, -0.05) is 0 Å². The number of hydrogen-bond donors (Lipinski definition) is 2. The lowest BCUT2D eigenvalue weighted by Crippen LogP contribution is -2.20. The summed E-state index contributed by atoms with van der Waals surface area (Å²) in [6.45, 7) is -0.406. The van der Waals surface area contributed by atoms with Crippen LogP contribution in [-0.2, 0) is 9.53 Å². The van der Waals surface area contributed by atoms with Gasteiger partial charge in [0.15, 0.2) is 22.3 Å². The number of oxazole rings is 1. The van der Waals surface area contributed by atoms with E-state index in [0.29, 0.717) is 12.1 Å². The van der Waals surface area contributed by atoms with E-state index in [1.54, 1.807) is 0 Å². The Hall–Kier alpha value is -2.53. The van der Waals surface area contributed by atoms with Gasteiger partial charge in [-0.15, -0.1) is 0 Å². The van der Waals surface area contributed by atoms with E-state index in [-0.39, 0.29) is 35.5 Å². The number of hydrogen-bond acceptors (Lipinski definition) is 7. The molecule has 28 heavy (non-hydrogen) atoms. The Morgan fingerprint density at radius 1 is 1.46 bits per heavy atom. The maximum absolute atomic E-state index is 14.4. The number of carbonyl (C=O) groups excluding carboxylic acids is 2. The lowest BCUT2D eigenvalue weighted by Gasteiger charge is -2.19. The number of nitrogens with two attached hydrogens (primary N) is 1. The van der Waals surface area contributed by atoms with E-state index in [4.69, 9.17) is 19.6 Å². The zero-order chi connectivity index (χ0) is 20.4. The maximum atomic E-state index is 14.4. The maximum Gasteiger partial charge on any atom is 0.306 e. The number of ether oxygens (including phenoxy) is 2. The number of aliphatic hydroxyl groups is 1. The van der Waals surface area contributed by atoms with Crippen LogP contribution in [0.3, 0.4) is 0 Å². The van der Waals surface area contributed by atoms with Gasteiger partial charge in [-0.25, -0.2) is 13.8 Å². The number of nitrogens with zero attached hydrogens (tertiary/aromatic N) is 1. The first kappa shape index (κ1) is 20.2. The number of rotatable bonds is 6. The molecule has 0 bridgehead atoms. The van der Waals surface area contributed by atoms with Crippen LogP contribution in [0.1, 0.15) is 46.8 Å². The number of benzene rings is 1. The standard InChI is InChI=1S/C17H15BrF2N2O6/c18-15-14(7-3-4-26-11(24)5-7)22-17(28-15)10(6-23)27-9-2-1-8(19)12(13(9)20)16(21)25/h1-2,7,10,23H,3-6H2,(H2,21,25). The van der Waals surface area contributed by atoms with E-state index in [1.165, 1.54) is 0 Å². The number of halogens is 3. The number of amides is 1. The van der Waals surface area contributed by atoms with Crippen LogP contribution >= 0.6 is 15.9 Å². The quantitative estimate of drug-likeness (QED) is 0.633. The molecule has 0 radical (unpaired) electrons. The number of cyclic esters (lactones) is 1. The summed E-state index contributed by atoms with van der Waals surface area (Å²) < 4.78 is 43.9. The van der Waals surface area contributed by atoms with Gasteiger partial charge in [-0.2, -0.15) is 0 Å². The average molecular weight is 461 g/mol. The van der Waals surface area contributed by atoms with Crippen molar-refractivity contribution in [3.8, 4) is 5.75 Å². The van der Waals surface area contributed by atoms with E-state index >= 15 is 0 Å². The Morgan fingerprint density at radius 2 is 2.21 bits per heavy atom. The Morgan fingerprint density at radius 3 is 2.86 bits per heavy atom. The van der Waals surface area contributed by atoms with Gasteiger partial charge in [0.25, 0.3) is 5.91 Å². The van der Waals surface area contributed by atoms with Crippen molar-refractivity contribution in [2.45, 2.75) is 24.9 Å². The average Bonchev–Trinajstić information content (AvgIpc) is 3.02. The first-order chi connectivity index (χ1) is 13.3. The second kappa shape index (κ2) is 8.23. The molecule has 3 rings (SSSR count). The molecular weight excluding hydrogens is 446 g/mol. The third-order valence-electron chi connectivity index (χ3n) is 4.17. The van der Waals surface area contributed by atoms with E-state index in [0.717, 1.165) is 12.1 Å². The molecule has 2 atom stereocenters. The van der Waals surface area contributed by atoms with Crippen molar-refractivity contribution in [2.75, 3.05) is 13.2 Å². The Bertz CT molecular complexity index is 919. The Labute approximate surface area is 165 Å². The minimum absolute atomic E-state index is 0.0901. The molecule has 1 aromatic carbocycles. The molecule has 1 saturated heterocycles. The molecule has 3 N–H and O–H groups in total. The summed E-state index contributed by atoms with van der Waals surface area (Å²) in [6.07, 6.45) is -0.597. The van der Waals surface area contributed by atoms with Crippen molar-refractivity contribution in [3.05, 3.63) is 45.6 Å². The van der Waals surface area contributed by atoms with Gasteiger partial charge in [-0.3, -0.25) is 9.59 Å². The second-order valence-corrected chi connectivity index (χ2v) is 6.73. The van der Waals surface area contributed by atoms with Crippen LogP contribution in [0.15, 0.2) is 21.2 Å². The van der Waals surface area contributed by atoms with Gasteiger partial charge in [0.1, 0.15) is 11.4 Å². The molecule has 2 aromatic rings. The third-order valence-corrected chi connectivity index (χ3v) is 4.74. The third kappa shape index (κ3) is 3.99. The first-order valence-electron chi connectivity index (χ1n) is 8.18. The van der Waals surface area contributed by atoms with Crippen molar-refractivity contribution in [1.82, 2.24) is 4.98 Å². The van der Waals surface area contributed by atoms with Gasteiger partial charge >= 0.3 is 5.97 Å². The summed E-state index contributed by atoms with van der Waals surface area (Å²) in [5.74, 6) is -4.95. The number of carbonyl (C=O) groups is 2. The second-order valence-electron chi connectivity index (χ2n) is 6.01. The molecule has 1 amide bonds. The highest BCUT2D eigenvalue weighted by Crippen LogP contribution is 2.35. The number of esters is 1. The summed E-state index contributed by atoms with van der Waals surface area (Å²) in [5, 5.41) is 9.61. The zero-order valence-corrected chi connectivity index (χ0v) is 15.9. The minimum Gasteiger partial charge on any atom is -0.475 e. The largest absolute Gasteiger partial charge is 0.475 e. The van der Waals surface area contributed by atoms with Crippen molar-refractivity contribution >= 4 is 27.8 Å². The fraction of sp³-hybridized carbons (Fsp3) is 0.353. The molecule has 11 heteroatoms. The fourth-order valence-electron chi connectivity index (χ4n) is 2.80. The fourth-order valence-corrected chi connectivity index (χ4v) is 3.38. The zero-order valence-electron chi connectivity index (χ0n) is 14.3. The molecule has 0 aliphatic carbocycles. The van der Waals surface area contributed by atoms with Gasteiger partial charge in [0.05, 0.1) is 25.3 Å². The van der Waals surface area contributed by atoms with Crippen molar-refractivity contribution < 1.29 is 37.4 Å². The minimum atomic E-state index is -1.30. The lowest BCUT2D eigenvalue weighted by molar-refractivity contribution is -0.147. The smallest absolute Gasteiger partial charge is 0.306 e. The van der Waals surface area contributed by atoms with Crippen LogP contribution in [0.4, 0.5) is 8.78 Å².